The van der Waals surface area contributed by atoms with Crippen molar-refractivity contribution in [1.29, 1.82) is 0 Å². The summed E-state index contributed by atoms with van der Waals surface area (Å²) in [6.45, 7) is 0.107. The third-order valence-corrected chi connectivity index (χ3v) is 5.06. The number of methoxy groups -OCH3 is 1. The van der Waals surface area contributed by atoms with E-state index in [-0.39, 0.29) is 24.2 Å². The van der Waals surface area contributed by atoms with Gasteiger partial charge in [0.15, 0.2) is 5.82 Å². The van der Waals surface area contributed by atoms with E-state index in [1.807, 2.05) is 12.1 Å². The van der Waals surface area contributed by atoms with Crippen LogP contribution in [0.15, 0.2) is 53.7 Å². The van der Waals surface area contributed by atoms with E-state index in [1.54, 1.807) is 50.6 Å². The number of nitrogen functional groups attached to an aromatic ring is 1. The molecule has 10 nitrogen and oxygen atoms in total. The molecule has 1 heterocycles. The summed E-state index contributed by atoms with van der Waals surface area (Å²) in [6.07, 6.45) is 0. The molecule has 0 aliphatic carbocycles. The minimum atomic E-state index is -0.267. The number of benzene rings is 2. The number of rotatable bonds is 9. The maximum absolute atomic E-state index is 12.3. The normalized spacial score (nSPS) is 10.4. The highest BCUT2D eigenvalue weighted by molar-refractivity contribution is 7.99. The zero-order valence-corrected chi connectivity index (χ0v) is 17.8. The van der Waals surface area contributed by atoms with Gasteiger partial charge in [-0.15, -0.1) is 10.2 Å². The van der Waals surface area contributed by atoms with E-state index in [4.69, 9.17) is 15.3 Å². The van der Waals surface area contributed by atoms with Crippen LogP contribution in [0.1, 0.15) is 16.2 Å². The molecule has 0 bridgehead atoms. The quantitative estimate of drug-likeness (QED) is 0.337. The summed E-state index contributed by atoms with van der Waals surface area (Å²) < 4.78 is 12.1. The minimum absolute atomic E-state index is 0.0658. The lowest BCUT2D eigenvalue weighted by atomic mass is 10.2. The molecule has 0 spiro atoms. The number of hydrogen-bond donors (Lipinski definition) is 3. The summed E-state index contributed by atoms with van der Waals surface area (Å²) in [5.41, 5.74) is 0.976. The fraction of sp³-hybridized carbons (Fsp3) is 0.200. The zero-order valence-electron chi connectivity index (χ0n) is 17.0. The van der Waals surface area contributed by atoms with Crippen molar-refractivity contribution in [2.45, 2.75) is 11.8 Å². The first-order chi connectivity index (χ1) is 15.0. The molecule has 3 rings (SSSR count). The number of nitrogens with two attached hydrogens (primary N) is 1. The van der Waals surface area contributed by atoms with Crippen LogP contribution in [0.5, 0.6) is 11.5 Å². The van der Waals surface area contributed by atoms with Crippen molar-refractivity contribution in [1.82, 2.24) is 20.2 Å². The highest BCUT2D eigenvalue weighted by Gasteiger charge is 2.14. The van der Waals surface area contributed by atoms with Crippen LogP contribution in [0.3, 0.4) is 0 Å². The molecule has 0 atom stereocenters. The van der Waals surface area contributed by atoms with Gasteiger partial charge in [-0.25, -0.2) is 4.68 Å². The second kappa shape index (κ2) is 10.3. The lowest BCUT2D eigenvalue weighted by molar-refractivity contribution is -0.113. The highest BCUT2D eigenvalue weighted by atomic mass is 32.2. The Hall–Kier alpha value is -3.73. The summed E-state index contributed by atoms with van der Waals surface area (Å²) in [5.74, 6) is 7.28. The number of anilines is 1. The van der Waals surface area contributed by atoms with Crippen molar-refractivity contribution in [3.63, 3.8) is 0 Å². The lowest BCUT2D eigenvalue weighted by Crippen LogP contribution is -2.19. The monoisotopic (exact) mass is 442 g/mol. The van der Waals surface area contributed by atoms with Crippen molar-refractivity contribution in [2.75, 3.05) is 31.1 Å². The molecule has 0 saturated carbocycles. The smallest absolute Gasteiger partial charge is 0.251 e. The number of amides is 2. The van der Waals surface area contributed by atoms with E-state index in [9.17, 15) is 9.59 Å². The largest absolute Gasteiger partial charge is 0.497 e. The van der Waals surface area contributed by atoms with Crippen molar-refractivity contribution in [3.05, 3.63) is 59.9 Å². The molecule has 4 N–H and O–H groups in total. The van der Waals surface area contributed by atoms with E-state index < -0.39 is 0 Å². The molecular formula is C20H22N6O4S. The van der Waals surface area contributed by atoms with Crippen LogP contribution >= 0.6 is 11.8 Å². The summed E-state index contributed by atoms with van der Waals surface area (Å²) >= 11 is 1.14. The molecule has 31 heavy (non-hydrogen) atoms. The minimum Gasteiger partial charge on any atom is -0.497 e. The zero-order chi connectivity index (χ0) is 22.2. The van der Waals surface area contributed by atoms with Gasteiger partial charge in [0.05, 0.1) is 12.9 Å². The van der Waals surface area contributed by atoms with Crippen molar-refractivity contribution in [3.8, 4) is 11.5 Å². The number of aromatic nitrogens is 3. The summed E-state index contributed by atoms with van der Waals surface area (Å²) in [7, 11) is 3.12. The molecule has 2 amide bonds. The molecular weight excluding hydrogens is 420 g/mol. The Morgan fingerprint density at radius 1 is 1.13 bits per heavy atom. The van der Waals surface area contributed by atoms with Gasteiger partial charge in [0.25, 0.3) is 5.91 Å². The molecule has 0 fully saturated rings. The summed E-state index contributed by atoms with van der Waals surface area (Å²) in [6, 6.07) is 13.8. The lowest BCUT2D eigenvalue weighted by Gasteiger charge is -2.08. The second-order valence-corrected chi connectivity index (χ2v) is 7.18. The van der Waals surface area contributed by atoms with Gasteiger partial charge < -0.3 is 25.9 Å². The van der Waals surface area contributed by atoms with Crippen LogP contribution < -0.4 is 25.9 Å². The van der Waals surface area contributed by atoms with Crippen molar-refractivity contribution in [2.24, 2.45) is 0 Å². The maximum Gasteiger partial charge on any atom is 0.251 e. The number of hydrogen-bond acceptors (Lipinski definition) is 8. The molecule has 0 radical (unpaired) electrons. The van der Waals surface area contributed by atoms with E-state index in [2.05, 4.69) is 20.8 Å². The molecule has 1 aromatic heterocycles. The van der Waals surface area contributed by atoms with Gasteiger partial charge in [-0.3, -0.25) is 9.59 Å². The number of thioether (sulfide) groups is 1. The predicted molar refractivity (Wildman–Crippen MR) is 117 cm³/mol. The van der Waals surface area contributed by atoms with Gasteiger partial charge in [-0.1, -0.05) is 23.9 Å². The molecule has 162 valence electrons. The molecule has 2 aromatic carbocycles. The van der Waals surface area contributed by atoms with Crippen LogP contribution in [-0.4, -0.2) is 46.6 Å². The highest BCUT2D eigenvalue weighted by Crippen LogP contribution is 2.21. The Morgan fingerprint density at radius 2 is 1.90 bits per heavy atom. The Bertz CT molecular complexity index is 1070. The van der Waals surface area contributed by atoms with Crippen molar-refractivity contribution >= 4 is 29.3 Å². The topological polar surface area (TPSA) is 133 Å². The number of carbonyl (C=O) groups excluding carboxylic acids is 2. The molecule has 3 aromatic rings. The van der Waals surface area contributed by atoms with Gasteiger partial charge in [-0.05, 0) is 30.3 Å². The van der Waals surface area contributed by atoms with Gasteiger partial charge in [0.1, 0.15) is 18.1 Å². The second-order valence-electron chi connectivity index (χ2n) is 6.23. The third kappa shape index (κ3) is 5.89. The summed E-state index contributed by atoms with van der Waals surface area (Å²) in [5, 5.41) is 13.7. The molecule has 0 aliphatic heterocycles. The van der Waals surface area contributed by atoms with Gasteiger partial charge in [0, 0.05) is 24.4 Å². The van der Waals surface area contributed by atoms with Crippen LogP contribution in [0.4, 0.5) is 5.69 Å². The SMILES string of the molecule is CNC(=O)c1cccc(NC(=O)CSc2nnc(COc3cccc(OC)c3)n2N)c1. The van der Waals surface area contributed by atoms with Gasteiger partial charge >= 0.3 is 0 Å². The maximum atomic E-state index is 12.3. The average Bonchev–Trinajstić information content (AvgIpc) is 3.15. The fourth-order valence-corrected chi connectivity index (χ4v) is 3.23. The predicted octanol–water partition coefficient (Wildman–Crippen LogP) is 1.67. The number of nitrogens with zero attached hydrogens (tertiary/aromatic N) is 3. The van der Waals surface area contributed by atoms with Crippen molar-refractivity contribution < 1.29 is 19.1 Å². The Balaban J connectivity index is 1.53. The molecule has 0 saturated heterocycles. The Labute approximate surface area is 183 Å². The summed E-state index contributed by atoms with van der Waals surface area (Å²) in [4.78, 5) is 24.0. The standard InChI is InChI=1S/C20H22N6O4S/c1-22-19(28)13-5-3-6-14(9-13)23-18(27)12-31-20-25-24-17(26(20)21)11-30-16-8-4-7-15(10-16)29-2/h3-10H,11-12,21H2,1-2H3,(H,22,28)(H,23,27). The van der Waals surface area contributed by atoms with Crippen LogP contribution in [0.25, 0.3) is 0 Å². The Morgan fingerprint density at radius 3 is 2.68 bits per heavy atom. The van der Waals surface area contributed by atoms with Crippen LogP contribution in [-0.2, 0) is 11.4 Å². The Kier molecular flexibility index (Phi) is 7.33. The number of ether oxygens (including phenoxy) is 2. The first-order valence-electron chi connectivity index (χ1n) is 9.21. The van der Waals surface area contributed by atoms with E-state index in [0.717, 1.165) is 11.8 Å². The average molecular weight is 443 g/mol. The van der Waals surface area contributed by atoms with Gasteiger partial charge in [0.2, 0.25) is 11.1 Å². The first kappa shape index (κ1) is 22.0. The van der Waals surface area contributed by atoms with Crippen LogP contribution in [0, 0.1) is 0 Å². The van der Waals surface area contributed by atoms with E-state index in [0.29, 0.717) is 33.7 Å². The fourth-order valence-electron chi connectivity index (χ4n) is 2.55. The third-order valence-electron chi connectivity index (χ3n) is 4.11. The van der Waals surface area contributed by atoms with E-state index >= 15 is 0 Å². The first-order valence-corrected chi connectivity index (χ1v) is 10.2. The molecule has 0 unspecified atom stereocenters. The molecule has 11 heteroatoms. The van der Waals surface area contributed by atoms with E-state index in [1.165, 1.54) is 4.68 Å². The number of carbonyl (C=O) groups is 2. The number of nitrogens with one attached hydrogen (secondary N) is 2. The molecule has 0 aliphatic rings. The van der Waals surface area contributed by atoms with Gasteiger partial charge in [-0.2, -0.15) is 0 Å². The van der Waals surface area contributed by atoms with Crippen LogP contribution in [0.2, 0.25) is 0 Å².